The molecule has 112 valence electrons. The number of hydrogen-bond acceptors (Lipinski definition) is 2. The fourth-order valence-electron chi connectivity index (χ4n) is 5.36. The first-order valence-corrected chi connectivity index (χ1v) is 8.29. The third kappa shape index (κ3) is 1.75. The van der Waals surface area contributed by atoms with Gasteiger partial charge in [0.15, 0.2) is 0 Å². The number of fused-ring (bicyclic) bond motifs is 5. The largest absolute Gasteiger partial charge is 0.508 e. The summed E-state index contributed by atoms with van der Waals surface area (Å²) >= 11 is 0. The van der Waals surface area contributed by atoms with Crippen molar-refractivity contribution in [1.82, 2.24) is 0 Å². The SMILES string of the molecule is Cc1cc(O)cc2c1C1=CC[C@]3(C)[C@@H](N)CC[C@H]3[C@@H]1CC2. The monoisotopic (exact) mass is 283 g/mol. The maximum Gasteiger partial charge on any atom is 0.116 e. The standard InChI is InChI=1S/C19H25NO/c1-11-9-13(21)10-12-3-4-14-15(18(11)12)7-8-19(2)16(14)5-6-17(19)20/h7,9-10,14,16-17,21H,3-6,8,20H2,1-2H3/t14-,16+,17+,19+/m1/s1. The molecule has 1 aromatic carbocycles. The minimum atomic E-state index is 0.302. The van der Waals surface area contributed by atoms with Gasteiger partial charge in [-0.05, 0) is 90.7 Å². The highest BCUT2D eigenvalue weighted by molar-refractivity contribution is 5.76. The number of hydrogen-bond donors (Lipinski definition) is 2. The molecule has 4 rings (SSSR count). The first kappa shape index (κ1) is 13.4. The second-order valence-electron chi connectivity index (χ2n) is 7.60. The lowest BCUT2D eigenvalue weighted by Gasteiger charge is -2.46. The molecule has 2 nitrogen and oxygen atoms in total. The summed E-state index contributed by atoms with van der Waals surface area (Å²) in [4.78, 5) is 0. The smallest absolute Gasteiger partial charge is 0.116 e. The van der Waals surface area contributed by atoms with Crippen LogP contribution in [0.1, 0.15) is 49.3 Å². The number of phenols is 1. The Labute approximate surface area is 127 Å². The van der Waals surface area contributed by atoms with Crippen molar-refractivity contribution in [1.29, 1.82) is 0 Å². The van der Waals surface area contributed by atoms with Crippen LogP contribution in [0.5, 0.6) is 5.75 Å². The normalized spacial score (nSPS) is 37.5. The molecule has 1 fully saturated rings. The molecule has 0 aliphatic heterocycles. The molecule has 0 aromatic heterocycles. The van der Waals surface area contributed by atoms with E-state index in [4.69, 9.17) is 5.73 Å². The third-order valence-electron chi connectivity index (χ3n) is 6.55. The molecule has 0 bridgehead atoms. The van der Waals surface area contributed by atoms with Crippen LogP contribution >= 0.6 is 0 Å². The topological polar surface area (TPSA) is 46.2 Å². The molecule has 0 heterocycles. The Balaban J connectivity index is 1.83. The van der Waals surface area contributed by atoms with Gasteiger partial charge in [-0.25, -0.2) is 0 Å². The van der Waals surface area contributed by atoms with Gasteiger partial charge in [0.2, 0.25) is 0 Å². The van der Waals surface area contributed by atoms with Crippen molar-refractivity contribution in [3.8, 4) is 5.75 Å². The maximum absolute atomic E-state index is 9.86. The average molecular weight is 283 g/mol. The van der Waals surface area contributed by atoms with Gasteiger partial charge in [0.05, 0.1) is 0 Å². The van der Waals surface area contributed by atoms with E-state index in [2.05, 4.69) is 19.9 Å². The number of benzene rings is 1. The highest BCUT2D eigenvalue weighted by Gasteiger charge is 2.51. The molecule has 4 atom stereocenters. The maximum atomic E-state index is 9.86. The molecule has 3 N–H and O–H groups in total. The highest BCUT2D eigenvalue weighted by Crippen LogP contribution is 2.58. The first-order chi connectivity index (χ1) is 10.0. The summed E-state index contributed by atoms with van der Waals surface area (Å²) in [5.74, 6) is 1.83. The van der Waals surface area contributed by atoms with Gasteiger partial charge in [-0.2, -0.15) is 0 Å². The van der Waals surface area contributed by atoms with Crippen LogP contribution in [-0.2, 0) is 6.42 Å². The van der Waals surface area contributed by atoms with Crippen molar-refractivity contribution in [2.24, 2.45) is 23.0 Å². The van der Waals surface area contributed by atoms with Crippen LogP contribution in [0.3, 0.4) is 0 Å². The van der Waals surface area contributed by atoms with Crippen molar-refractivity contribution in [3.05, 3.63) is 34.9 Å². The minimum absolute atomic E-state index is 0.302. The molecule has 3 aliphatic carbocycles. The summed E-state index contributed by atoms with van der Waals surface area (Å²) in [6, 6.07) is 4.24. The lowest BCUT2D eigenvalue weighted by molar-refractivity contribution is 0.150. The number of rotatable bonds is 0. The minimum Gasteiger partial charge on any atom is -0.508 e. The van der Waals surface area contributed by atoms with E-state index < -0.39 is 0 Å². The molecular weight excluding hydrogens is 258 g/mol. The zero-order valence-electron chi connectivity index (χ0n) is 13.0. The van der Waals surface area contributed by atoms with Gasteiger partial charge in [0.1, 0.15) is 5.75 Å². The van der Waals surface area contributed by atoms with E-state index in [-0.39, 0.29) is 0 Å². The lowest BCUT2D eigenvalue weighted by atomic mass is 9.59. The van der Waals surface area contributed by atoms with Crippen LogP contribution in [0.25, 0.3) is 5.57 Å². The van der Waals surface area contributed by atoms with E-state index in [1.165, 1.54) is 36.0 Å². The number of allylic oxidation sites excluding steroid dienone is 2. The molecule has 0 spiro atoms. The number of nitrogens with two attached hydrogens (primary N) is 1. The van der Waals surface area contributed by atoms with Gasteiger partial charge in [-0.1, -0.05) is 13.0 Å². The Bertz CT molecular complexity index is 633. The van der Waals surface area contributed by atoms with Gasteiger partial charge >= 0.3 is 0 Å². The Morgan fingerprint density at radius 1 is 1.24 bits per heavy atom. The Morgan fingerprint density at radius 3 is 2.86 bits per heavy atom. The van der Waals surface area contributed by atoms with Crippen LogP contribution in [0.4, 0.5) is 0 Å². The van der Waals surface area contributed by atoms with Crippen LogP contribution in [0, 0.1) is 24.2 Å². The summed E-state index contributed by atoms with van der Waals surface area (Å²) in [5.41, 5.74) is 12.3. The van der Waals surface area contributed by atoms with Crippen LogP contribution in [-0.4, -0.2) is 11.1 Å². The Morgan fingerprint density at radius 2 is 2.05 bits per heavy atom. The summed E-state index contributed by atoms with van der Waals surface area (Å²) in [6.45, 7) is 4.54. The molecule has 21 heavy (non-hydrogen) atoms. The Hall–Kier alpha value is -1.28. The van der Waals surface area contributed by atoms with E-state index >= 15 is 0 Å². The number of aromatic hydroxyl groups is 1. The second-order valence-corrected chi connectivity index (χ2v) is 7.60. The molecule has 0 saturated heterocycles. The molecule has 0 unspecified atom stereocenters. The molecule has 0 amide bonds. The average Bonchev–Trinajstić information content (AvgIpc) is 2.74. The molecular formula is C19H25NO. The second kappa shape index (κ2) is 4.36. The Kier molecular flexibility index (Phi) is 2.78. The summed E-state index contributed by atoms with van der Waals surface area (Å²) in [5, 5.41) is 9.86. The van der Waals surface area contributed by atoms with Crippen molar-refractivity contribution >= 4 is 5.57 Å². The van der Waals surface area contributed by atoms with E-state index in [0.29, 0.717) is 23.1 Å². The fourth-order valence-corrected chi connectivity index (χ4v) is 5.36. The zero-order chi connectivity index (χ0) is 14.8. The zero-order valence-corrected chi connectivity index (χ0v) is 13.0. The number of aryl methyl sites for hydroxylation is 2. The van der Waals surface area contributed by atoms with Gasteiger partial charge in [-0.15, -0.1) is 0 Å². The fraction of sp³-hybridized carbons (Fsp3) is 0.579. The van der Waals surface area contributed by atoms with Gasteiger partial charge in [-0.3, -0.25) is 0 Å². The first-order valence-electron chi connectivity index (χ1n) is 8.29. The van der Waals surface area contributed by atoms with Crippen molar-refractivity contribution in [3.63, 3.8) is 0 Å². The summed E-state index contributed by atoms with van der Waals surface area (Å²) in [6.07, 6.45) is 8.36. The molecule has 1 saturated carbocycles. The molecule has 3 aliphatic rings. The third-order valence-corrected chi connectivity index (χ3v) is 6.55. The molecule has 2 heteroatoms. The van der Waals surface area contributed by atoms with E-state index in [1.54, 1.807) is 5.57 Å². The van der Waals surface area contributed by atoms with E-state index in [1.807, 2.05) is 12.1 Å². The predicted molar refractivity (Wildman–Crippen MR) is 86.1 cm³/mol. The molecule has 0 radical (unpaired) electrons. The molecule has 1 aromatic rings. The van der Waals surface area contributed by atoms with Crippen molar-refractivity contribution < 1.29 is 5.11 Å². The van der Waals surface area contributed by atoms with Crippen molar-refractivity contribution in [2.45, 2.75) is 52.0 Å². The van der Waals surface area contributed by atoms with Gasteiger partial charge in [0, 0.05) is 6.04 Å². The van der Waals surface area contributed by atoms with Crippen molar-refractivity contribution in [2.75, 3.05) is 0 Å². The van der Waals surface area contributed by atoms with Crippen LogP contribution < -0.4 is 5.73 Å². The summed E-state index contributed by atoms with van der Waals surface area (Å²) < 4.78 is 0. The summed E-state index contributed by atoms with van der Waals surface area (Å²) in [7, 11) is 0. The van der Waals surface area contributed by atoms with Crippen LogP contribution in [0.15, 0.2) is 18.2 Å². The van der Waals surface area contributed by atoms with E-state index in [0.717, 1.165) is 18.8 Å². The highest BCUT2D eigenvalue weighted by atomic mass is 16.3. The van der Waals surface area contributed by atoms with E-state index in [9.17, 15) is 5.11 Å². The van der Waals surface area contributed by atoms with Crippen LogP contribution in [0.2, 0.25) is 0 Å². The lowest BCUT2D eigenvalue weighted by Crippen LogP contribution is -2.43. The predicted octanol–water partition coefficient (Wildman–Crippen LogP) is 3.79. The van der Waals surface area contributed by atoms with Gasteiger partial charge in [0.25, 0.3) is 0 Å². The number of phenolic OH excluding ortho intramolecular Hbond substituents is 1. The quantitative estimate of drug-likeness (QED) is 0.761. The van der Waals surface area contributed by atoms with Gasteiger partial charge < -0.3 is 10.8 Å².